The highest BCUT2D eigenvalue weighted by atomic mass is 79.9. The first-order chi connectivity index (χ1) is 8.63. The smallest absolute Gasteiger partial charge is 0.350 e. The Hall–Kier alpha value is -1.29. The zero-order chi connectivity index (χ0) is 13.1. The van der Waals surface area contributed by atoms with Crippen molar-refractivity contribution in [3.8, 4) is 5.75 Å². The second-order valence-electron chi connectivity index (χ2n) is 4.19. The van der Waals surface area contributed by atoms with Crippen LogP contribution in [-0.4, -0.2) is 6.61 Å². The van der Waals surface area contributed by atoms with Crippen LogP contribution in [0.5, 0.6) is 5.75 Å². The molecule has 18 heavy (non-hydrogen) atoms. The van der Waals surface area contributed by atoms with Crippen molar-refractivity contribution in [2.45, 2.75) is 26.7 Å². The molecule has 0 aliphatic rings. The summed E-state index contributed by atoms with van der Waals surface area (Å²) >= 11 is 3.23. The van der Waals surface area contributed by atoms with Gasteiger partial charge in [0, 0.05) is 11.5 Å². The molecule has 0 saturated heterocycles. The van der Waals surface area contributed by atoms with Gasteiger partial charge in [0.2, 0.25) is 0 Å². The van der Waals surface area contributed by atoms with Crippen molar-refractivity contribution in [1.82, 2.24) is 0 Å². The zero-order valence-corrected chi connectivity index (χ0v) is 12.0. The Morgan fingerprint density at radius 3 is 2.89 bits per heavy atom. The largest absolute Gasteiger partial charge is 0.493 e. The summed E-state index contributed by atoms with van der Waals surface area (Å²) in [4.78, 5) is 11.6. The lowest BCUT2D eigenvalue weighted by Gasteiger charge is -2.07. The molecule has 2 aromatic rings. The van der Waals surface area contributed by atoms with Gasteiger partial charge in [-0.2, -0.15) is 0 Å². The molecule has 2 rings (SSSR count). The summed E-state index contributed by atoms with van der Waals surface area (Å²) in [7, 11) is 0. The highest BCUT2D eigenvalue weighted by Gasteiger charge is 2.09. The standard InChI is InChI=1S/C14H15BrO3/c1-3-4-7-17-10-5-6-11-9(2)13(15)14(16)18-12(11)8-10/h5-6,8H,3-4,7H2,1-2H3. The van der Waals surface area contributed by atoms with Crippen molar-refractivity contribution in [3.63, 3.8) is 0 Å². The van der Waals surface area contributed by atoms with Gasteiger partial charge in [0.25, 0.3) is 0 Å². The predicted octanol–water partition coefficient (Wildman–Crippen LogP) is 4.04. The average Bonchev–Trinajstić information content (AvgIpc) is 2.36. The summed E-state index contributed by atoms with van der Waals surface area (Å²) in [6.45, 7) is 4.69. The molecule has 1 aromatic heterocycles. The molecule has 3 nitrogen and oxygen atoms in total. The quantitative estimate of drug-likeness (QED) is 0.632. The molecule has 0 atom stereocenters. The van der Waals surface area contributed by atoms with Gasteiger partial charge in [0.15, 0.2) is 0 Å². The molecule has 1 aromatic carbocycles. The Labute approximate surface area is 114 Å². The first kappa shape index (κ1) is 13.1. The van der Waals surface area contributed by atoms with E-state index in [1.165, 1.54) is 0 Å². The summed E-state index contributed by atoms with van der Waals surface area (Å²) < 4.78 is 11.3. The minimum Gasteiger partial charge on any atom is -0.493 e. The Bertz CT molecular complexity index is 616. The van der Waals surface area contributed by atoms with Crippen LogP contribution in [0.2, 0.25) is 0 Å². The minimum atomic E-state index is -0.356. The van der Waals surface area contributed by atoms with Crippen LogP contribution in [0.3, 0.4) is 0 Å². The minimum absolute atomic E-state index is 0.356. The topological polar surface area (TPSA) is 39.4 Å². The molecule has 0 unspecified atom stereocenters. The molecule has 0 radical (unpaired) electrons. The molecule has 0 aliphatic carbocycles. The molecule has 4 heteroatoms. The van der Waals surface area contributed by atoms with Crippen LogP contribution in [0.25, 0.3) is 11.0 Å². The van der Waals surface area contributed by atoms with Gasteiger partial charge in [0.05, 0.1) is 6.61 Å². The zero-order valence-electron chi connectivity index (χ0n) is 10.5. The summed E-state index contributed by atoms with van der Waals surface area (Å²) in [6, 6.07) is 5.59. The third-order valence-electron chi connectivity index (χ3n) is 2.83. The van der Waals surface area contributed by atoms with Gasteiger partial charge in [-0.15, -0.1) is 0 Å². The molecule has 0 N–H and O–H groups in total. The van der Waals surface area contributed by atoms with Crippen LogP contribution in [0.1, 0.15) is 25.3 Å². The summed E-state index contributed by atoms with van der Waals surface area (Å²) in [5.74, 6) is 0.737. The lowest BCUT2D eigenvalue weighted by atomic mass is 10.1. The molecule has 96 valence electrons. The average molecular weight is 311 g/mol. The highest BCUT2D eigenvalue weighted by Crippen LogP contribution is 2.26. The molecular formula is C14H15BrO3. The normalized spacial score (nSPS) is 10.8. The van der Waals surface area contributed by atoms with Gasteiger partial charge in [-0.3, -0.25) is 0 Å². The number of fused-ring (bicyclic) bond motifs is 1. The SMILES string of the molecule is CCCCOc1ccc2c(C)c(Br)c(=O)oc2c1. The van der Waals surface area contributed by atoms with Gasteiger partial charge in [-0.1, -0.05) is 13.3 Å². The van der Waals surface area contributed by atoms with Crippen molar-refractivity contribution in [1.29, 1.82) is 0 Å². The van der Waals surface area contributed by atoms with E-state index in [1.54, 1.807) is 6.07 Å². The third-order valence-corrected chi connectivity index (χ3v) is 3.75. The van der Waals surface area contributed by atoms with E-state index >= 15 is 0 Å². The fourth-order valence-corrected chi connectivity index (χ4v) is 2.03. The van der Waals surface area contributed by atoms with Crippen LogP contribution >= 0.6 is 15.9 Å². The second kappa shape index (κ2) is 5.57. The molecule has 1 heterocycles. The molecule has 0 saturated carbocycles. The Kier molecular flexibility index (Phi) is 4.07. The van der Waals surface area contributed by atoms with Crippen LogP contribution in [0.4, 0.5) is 0 Å². The monoisotopic (exact) mass is 310 g/mol. The summed E-state index contributed by atoms with van der Waals surface area (Å²) in [5.41, 5.74) is 1.10. The fraction of sp³-hybridized carbons (Fsp3) is 0.357. The van der Waals surface area contributed by atoms with E-state index in [-0.39, 0.29) is 5.63 Å². The van der Waals surface area contributed by atoms with Gasteiger partial charge >= 0.3 is 5.63 Å². The maximum atomic E-state index is 11.6. The van der Waals surface area contributed by atoms with Gasteiger partial charge in [0.1, 0.15) is 15.8 Å². The molecule has 0 aliphatic heterocycles. The second-order valence-corrected chi connectivity index (χ2v) is 4.98. The first-order valence-electron chi connectivity index (χ1n) is 5.99. The maximum Gasteiger partial charge on any atom is 0.350 e. The molecule has 0 amide bonds. The summed E-state index contributed by atoms with van der Waals surface area (Å²) in [5, 5.41) is 0.921. The molecular weight excluding hydrogens is 296 g/mol. The Morgan fingerprint density at radius 2 is 2.17 bits per heavy atom. The van der Waals surface area contributed by atoms with Crippen LogP contribution < -0.4 is 10.4 Å². The predicted molar refractivity (Wildman–Crippen MR) is 75.3 cm³/mol. The number of unbranched alkanes of at least 4 members (excludes halogenated alkanes) is 1. The number of aryl methyl sites for hydroxylation is 1. The summed E-state index contributed by atoms with van der Waals surface area (Å²) in [6.07, 6.45) is 2.11. The van der Waals surface area contributed by atoms with Crippen LogP contribution in [-0.2, 0) is 0 Å². The number of benzene rings is 1. The lowest BCUT2D eigenvalue weighted by Crippen LogP contribution is -2.02. The number of halogens is 1. The van der Waals surface area contributed by atoms with Crippen molar-refractivity contribution < 1.29 is 9.15 Å². The van der Waals surface area contributed by atoms with Crippen LogP contribution in [0, 0.1) is 6.92 Å². The van der Waals surface area contributed by atoms with Gasteiger partial charge < -0.3 is 9.15 Å². The fourth-order valence-electron chi connectivity index (χ4n) is 1.74. The number of hydrogen-bond donors (Lipinski definition) is 0. The van der Waals surface area contributed by atoms with Crippen molar-refractivity contribution in [2.75, 3.05) is 6.61 Å². The maximum absolute atomic E-state index is 11.6. The van der Waals surface area contributed by atoms with Crippen molar-refractivity contribution in [2.24, 2.45) is 0 Å². The molecule has 0 fully saturated rings. The van der Waals surface area contributed by atoms with E-state index in [1.807, 2.05) is 19.1 Å². The van der Waals surface area contributed by atoms with Crippen molar-refractivity contribution in [3.05, 3.63) is 38.7 Å². The molecule has 0 bridgehead atoms. The number of hydrogen-bond acceptors (Lipinski definition) is 3. The number of ether oxygens (including phenoxy) is 1. The number of rotatable bonds is 4. The van der Waals surface area contributed by atoms with E-state index < -0.39 is 0 Å². The molecule has 0 spiro atoms. The Balaban J connectivity index is 2.40. The van der Waals surface area contributed by atoms with E-state index in [4.69, 9.17) is 9.15 Å². The third kappa shape index (κ3) is 2.58. The van der Waals surface area contributed by atoms with Crippen LogP contribution in [0.15, 0.2) is 31.9 Å². The van der Waals surface area contributed by atoms with Gasteiger partial charge in [-0.05, 0) is 47.0 Å². The van der Waals surface area contributed by atoms with Crippen molar-refractivity contribution >= 4 is 26.9 Å². The van der Waals surface area contributed by atoms with E-state index in [9.17, 15) is 4.79 Å². The van der Waals surface area contributed by atoms with E-state index in [2.05, 4.69) is 22.9 Å². The highest BCUT2D eigenvalue weighted by molar-refractivity contribution is 9.10. The lowest BCUT2D eigenvalue weighted by molar-refractivity contribution is 0.309. The first-order valence-corrected chi connectivity index (χ1v) is 6.78. The van der Waals surface area contributed by atoms with Gasteiger partial charge in [-0.25, -0.2) is 4.79 Å². The Morgan fingerprint density at radius 1 is 1.39 bits per heavy atom. The van der Waals surface area contributed by atoms with E-state index in [0.29, 0.717) is 16.7 Å². The van der Waals surface area contributed by atoms with E-state index in [0.717, 1.165) is 29.5 Å².